The molecule has 0 spiro atoms. The Morgan fingerprint density at radius 3 is 2.50 bits per heavy atom. The fraction of sp³-hybridized carbons (Fsp3) is 0.800. The monoisotopic (exact) mass is 334 g/mol. The van der Waals surface area contributed by atoms with Crippen molar-refractivity contribution in [1.29, 1.82) is 0 Å². The van der Waals surface area contributed by atoms with Gasteiger partial charge in [-0.25, -0.2) is 0 Å². The predicted molar refractivity (Wildman–Crippen MR) is 91.3 cm³/mol. The van der Waals surface area contributed by atoms with Gasteiger partial charge in [0.25, 0.3) is 0 Å². The van der Waals surface area contributed by atoms with Gasteiger partial charge >= 0.3 is 5.97 Å². The number of allylic oxidation sites excluding steroid dienone is 1. The van der Waals surface area contributed by atoms with Crippen molar-refractivity contribution in [2.45, 2.75) is 65.4 Å². The minimum absolute atomic E-state index is 0.0454. The number of Topliss-reactive ketones (excluding diaryl/α,β-unsaturated/α-hetero) is 1. The molecular weight excluding hydrogens is 304 g/mol. The summed E-state index contributed by atoms with van der Waals surface area (Å²) in [5.74, 6) is -0.179. The van der Waals surface area contributed by atoms with Crippen molar-refractivity contribution in [2.75, 3.05) is 0 Å². The SMILES string of the molecule is CC(C)C1CCC2C3C=CC(C)(O)C(=O)CC3(C)CCC12C(=O)O. The van der Waals surface area contributed by atoms with E-state index in [0.717, 1.165) is 19.3 Å². The lowest BCUT2D eigenvalue weighted by molar-refractivity contribution is -0.165. The number of aliphatic carboxylic acids is 1. The Morgan fingerprint density at radius 1 is 1.25 bits per heavy atom. The summed E-state index contributed by atoms with van der Waals surface area (Å²) in [4.78, 5) is 24.8. The van der Waals surface area contributed by atoms with E-state index in [9.17, 15) is 19.8 Å². The number of rotatable bonds is 2. The highest BCUT2D eigenvalue weighted by atomic mass is 16.4. The van der Waals surface area contributed by atoms with Gasteiger partial charge in [-0.3, -0.25) is 9.59 Å². The molecule has 0 aromatic heterocycles. The summed E-state index contributed by atoms with van der Waals surface area (Å²) in [7, 11) is 0. The molecule has 134 valence electrons. The van der Waals surface area contributed by atoms with E-state index in [1.54, 1.807) is 13.0 Å². The molecule has 3 rings (SSSR count). The molecule has 4 nitrogen and oxygen atoms in total. The Bertz CT molecular complexity index is 590. The molecule has 0 aliphatic heterocycles. The minimum Gasteiger partial charge on any atom is -0.481 e. The molecular formula is C20H30O4. The summed E-state index contributed by atoms with van der Waals surface area (Å²) >= 11 is 0. The fourth-order valence-corrected chi connectivity index (χ4v) is 6.02. The predicted octanol–water partition coefficient (Wildman–Crippen LogP) is 3.44. The van der Waals surface area contributed by atoms with Crippen LogP contribution in [0.25, 0.3) is 0 Å². The molecule has 24 heavy (non-hydrogen) atoms. The molecule has 6 atom stereocenters. The molecule has 0 aromatic carbocycles. The van der Waals surface area contributed by atoms with Gasteiger partial charge in [0.15, 0.2) is 5.78 Å². The van der Waals surface area contributed by atoms with Crippen molar-refractivity contribution in [2.24, 2.45) is 34.5 Å². The van der Waals surface area contributed by atoms with E-state index in [1.165, 1.54) is 0 Å². The zero-order valence-electron chi connectivity index (χ0n) is 15.2. The number of carbonyl (C=O) groups is 2. The average molecular weight is 334 g/mol. The largest absolute Gasteiger partial charge is 0.481 e. The zero-order valence-corrected chi connectivity index (χ0v) is 15.2. The van der Waals surface area contributed by atoms with Gasteiger partial charge in [0.2, 0.25) is 0 Å². The van der Waals surface area contributed by atoms with Crippen LogP contribution in [0.4, 0.5) is 0 Å². The zero-order chi connectivity index (χ0) is 17.9. The Kier molecular flexibility index (Phi) is 3.99. The molecule has 2 N–H and O–H groups in total. The van der Waals surface area contributed by atoms with Gasteiger partial charge in [-0.05, 0) is 67.8 Å². The number of ketones is 1. The number of aliphatic hydroxyl groups is 1. The molecule has 0 saturated heterocycles. The first-order valence-corrected chi connectivity index (χ1v) is 9.23. The highest BCUT2D eigenvalue weighted by molar-refractivity contribution is 5.90. The molecule has 6 unspecified atom stereocenters. The Morgan fingerprint density at radius 2 is 1.92 bits per heavy atom. The third-order valence-corrected chi connectivity index (χ3v) is 7.42. The van der Waals surface area contributed by atoms with Crippen molar-refractivity contribution in [3.05, 3.63) is 12.2 Å². The van der Waals surface area contributed by atoms with E-state index < -0.39 is 17.0 Å². The summed E-state index contributed by atoms with van der Waals surface area (Å²) in [6.07, 6.45) is 7.13. The number of carboxylic acid groups (broad SMARTS) is 1. The molecule has 0 radical (unpaired) electrons. The molecule has 0 amide bonds. The van der Waals surface area contributed by atoms with Crippen molar-refractivity contribution < 1.29 is 19.8 Å². The highest BCUT2D eigenvalue weighted by Gasteiger charge is 2.64. The lowest BCUT2D eigenvalue weighted by atomic mass is 9.50. The Labute approximate surface area is 144 Å². The topological polar surface area (TPSA) is 74.6 Å². The maximum Gasteiger partial charge on any atom is 0.310 e. The fourth-order valence-electron chi connectivity index (χ4n) is 6.02. The molecule has 2 fully saturated rings. The second kappa shape index (κ2) is 5.42. The van der Waals surface area contributed by atoms with E-state index in [2.05, 4.69) is 20.8 Å². The maximum atomic E-state index is 12.5. The van der Waals surface area contributed by atoms with Gasteiger partial charge in [-0.2, -0.15) is 0 Å². The second-order valence-corrected chi connectivity index (χ2v) is 9.17. The Balaban J connectivity index is 2.07. The van der Waals surface area contributed by atoms with Crippen molar-refractivity contribution >= 4 is 11.8 Å². The van der Waals surface area contributed by atoms with Crippen LogP contribution in [0.5, 0.6) is 0 Å². The van der Waals surface area contributed by atoms with E-state index in [-0.39, 0.29) is 29.0 Å². The molecule has 4 heteroatoms. The minimum atomic E-state index is -1.43. The van der Waals surface area contributed by atoms with Crippen LogP contribution in [0.1, 0.15) is 59.8 Å². The van der Waals surface area contributed by atoms with Crippen molar-refractivity contribution in [1.82, 2.24) is 0 Å². The van der Waals surface area contributed by atoms with Crippen molar-refractivity contribution in [3.63, 3.8) is 0 Å². The third kappa shape index (κ3) is 2.29. The summed E-state index contributed by atoms with van der Waals surface area (Å²) in [5.41, 5.74) is -2.35. The van der Waals surface area contributed by atoms with Gasteiger partial charge < -0.3 is 10.2 Å². The summed E-state index contributed by atoms with van der Waals surface area (Å²) in [5, 5.41) is 20.6. The summed E-state index contributed by atoms with van der Waals surface area (Å²) < 4.78 is 0. The smallest absolute Gasteiger partial charge is 0.310 e. The van der Waals surface area contributed by atoms with E-state index in [4.69, 9.17) is 0 Å². The van der Waals surface area contributed by atoms with Crippen LogP contribution in [0, 0.1) is 34.5 Å². The van der Waals surface area contributed by atoms with Crippen LogP contribution in [0.2, 0.25) is 0 Å². The quantitative estimate of drug-likeness (QED) is 0.759. The number of fused-ring (bicyclic) bond motifs is 3. The van der Waals surface area contributed by atoms with E-state index in [1.807, 2.05) is 6.08 Å². The van der Waals surface area contributed by atoms with Crippen LogP contribution in [0.15, 0.2) is 12.2 Å². The lowest BCUT2D eigenvalue weighted by Gasteiger charge is -2.52. The maximum absolute atomic E-state index is 12.5. The average Bonchev–Trinajstić information content (AvgIpc) is 2.82. The molecule has 0 aromatic rings. The molecule has 3 aliphatic carbocycles. The number of carbonyl (C=O) groups excluding carboxylic acids is 1. The number of hydrogen-bond donors (Lipinski definition) is 2. The third-order valence-electron chi connectivity index (χ3n) is 7.42. The molecule has 0 bridgehead atoms. The van der Waals surface area contributed by atoms with Crippen LogP contribution in [-0.2, 0) is 9.59 Å². The Hall–Kier alpha value is -1.16. The summed E-state index contributed by atoms with van der Waals surface area (Å²) in [6.45, 7) is 7.91. The molecule has 0 heterocycles. The standard InChI is InChI=1S/C20H30O4/c1-12(2)13-5-6-15-14-7-8-19(4,24)16(21)11-18(14,3)9-10-20(13,15)17(22)23/h7-8,12-15,24H,5-6,9-11H2,1-4H3,(H,22,23). The van der Waals surface area contributed by atoms with Crippen LogP contribution in [-0.4, -0.2) is 27.6 Å². The van der Waals surface area contributed by atoms with Crippen LogP contribution >= 0.6 is 0 Å². The highest BCUT2D eigenvalue weighted by Crippen LogP contribution is 2.65. The van der Waals surface area contributed by atoms with Crippen LogP contribution in [0.3, 0.4) is 0 Å². The molecule has 2 saturated carbocycles. The van der Waals surface area contributed by atoms with Gasteiger partial charge in [-0.15, -0.1) is 0 Å². The van der Waals surface area contributed by atoms with E-state index in [0.29, 0.717) is 18.8 Å². The van der Waals surface area contributed by atoms with Crippen LogP contribution < -0.4 is 0 Å². The second-order valence-electron chi connectivity index (χ2n) is 9.17. The van der Waals surface area contributed by atoms with Gasteiger partial charge in [0.05, 0.1) is 5.41 Å². The van der Waals surface area contributed by atoms with E-state index >= 15 is 0 Å². The van der Waals surface area contributed by atoms with Crippen molar-refractivity contribution in [3.8, 4) is 0 Å². The van der Waals surface area contributed by atoms with Gasteiger partial charge in [0, 0.05) is 6.42 Å². The first kappa shape index (κ1) is 17.7. The number of carboxylic acids is 1. The first-order valence-electron chi connectivity index (χ1n) is 9.23. The summed E-state index contributed by atoms with van der Waals surface area (Å²) in [6, 6.07) is 0. The normalized spacial score (nSPS) is 48.1. The number of hydrogen-bond acceptors (Lipinski definition) is 3. The van der Waals surface area contributed by atoms with Gasteiger partial charge in [-0.1, -0.05) is 26.8 Å². The lowest BCUT2D eigenvalue weighted by Crippen LogP contribution is -2.52. The van der Waals surface area contributed by atoms with Gasteiger partial charge in [0.1, 0.15) is 5.60 Å². The molecule has 3 aliphatic rings. The first-order chi connectivity index (χ1) is 11.0.